The topological polar surface area (TPSA) is 100 Å². The molecule has 128 valence electrons. The number of aromatic nitrogens is 3. The van der Waals surface area contributed by atoms with Gasteiger partial charge in [0, 0.05) is 20.6 Å². The van der Waals surface area contributed by atoms with E-state index in [2.05, 4.69) is 32.1 Å². The van der Waals surface area contributed by atoms with E-state index in [0.29, 0.717) is 11.8 Å². The zero-order valence-electron chi connectivity index (χ0n) is 14.5. The average molecular weight is 321 g/mol. The van der Waals surface area contributed by atoms with Crippen LogP contribution in [0.3, 0.4) is 0 Å². The van der Waals surface area contributed by atoms with Crippen molar-refractivity contribution in [1.82, 2.24) is 25.2 Å². The number of nitrogen functional groups attached to an aromatic ring is 1. The van der Waals surface area contributed by atoms with Gasteiger partial charge in [0.2, 0.25) is 17.8 Å². The van der Waals surface area contributed by atoms with Crippen molar-refractivity contribution in [2.24, 2.45) is 5.41 Å². The van der Waals surface area contributed by atoms with Crippen molar-refractivity contribution >= 4 is 17.8 Å². The van der Waals surface area contributed by atoms with Crippen LogP contribution in [0.15, 0.2) is 0 Å². The molecular weight excluding hydrogens is 294 g/mol. The van der Waals surface area contributed by atoms with Crippen LogP contribution in [0, 0.1) is 5.41 Å². The molecule has 1 amide bonds. The molecule has 0 aliphatic carbocycles. The van der Waals surface area contributed by atoms with Crippen LogP contribution in [0.2, 0.25) is 0 Å². The number of carbonyl (C=O) groups is 1. The second-order valence-electron chi connectivity index (χ2n) is 6.52. The van der Waals surface area contributed by atoms with Crippen LogP contribution in [0.1, 0.15) is 32.5 Å². The number of nitrogens with two attached hydrogens (primary N) is 1. The van der Waals surface area contributed by atoms with Crippen LogP contribution < -0.4 is 16.0 Å². The van der Waals surface area contributed by atoms with E-state index in [1.807, 2.05) is 21.0 Å². The zero-order chi connectivity index (χ0) is 17.0. The Hall–Kier alpha value is -1.96. The van der Waals surface area contributed by atoms with Gasteiger partial charge < -0.3 is 20.9 Å². The van der Waals surface area contributed by atoms with E-state index < -0.39 is 0 Å². The molecule has 1 saturated heterocycles. The summed E-state index contributed by atoms with van der Waals surface area (Å²) in [7, 11) is 3.67. The Morgan fingerprint density at radius 3 is 2.78 bits per heavy atom. The lowest BCUT2D eigenvalue weighted by atomic mass is 9.81. The first-order chi connectivity index (χ1) is 10.8. The highest BCUT2D eigenvalue weighted by molar-refractivity contribution is 5.82. The summed E-state index contributed by atoms with van der Waals surface area (Å²) in [6.07, 6.45) is 1.94. The normalized spacial score (nSPS) is 21.9. The predicted octanol–water partition coefficient (Wildman–Crippen LogP) is 0.258. The summed E-state index contributed by atoms with van der Waals surface area (Å²) in [4.78, 5) is 29.1. The molecule has 0 spiro atoms. The lowest BCUT2D eigenvalue weighted by molar-refractivity contribution is -0.133. The van der Waals surface area contributed by atoms with Gasteiger partial charge in [-0.1, -0.05) is 6.92 Å². The number of hydrogen-bond acceptors (Lipinski definition) is 7. The molecule has 23 heavy (non-hydrogen) atoms. The van der Waals surface area contributed by atoms with Crippen LogP contribution in [0.5, 0.6) is 0 Å². The van der Waals surface area contributed by atoms with E-state index in [0.717, 1.165) is 32.5 Å². The molecule has 0 saturated carbocycles. The van der Waals surface area contributed by atoms with Crippen LogP contribution in [-0.2, 0) is 11.3 Å². The fourth-order valence-corrected chi connectivity index (χ4v) is 2.88. The number of anilines is 2. The maximum atomic E-state index is 12.6. The predicted molar refractivity (Wildman–Crippen MR) is 89.9 cm³/mol. The number of nitrogens with one attached hydrogen (secondary N) is 1. The van der Waals surface area contributed by atoms with E-state index in [1.54, 1.807) is 4.90 Å². The molecule has 0 bridgehead atoms. The number of rotatable bonds is 5. The summed E-state index contributed by atoms with van der Waals surface area (Å²) in [6, 6.07) is 0. The fraction of sp³-hybridized carbons (Fsp3) is 0.733. The van der Waals surface area contributed by atoms with Gasteiger partial charge in [0.1, 0.15) is 0 Å². The summed E-state index contributed by atoms with van der Waals surface area (Å²) >= 11 is 0. The van der Waals surface area contributed by atoms with Gasteiger partial charge >= 0.3 is 0 Å². The molecule has 1 aliphatic rings. The Kier molecular flexibility index (Phi) is 5.35. The van der Waals surface area contributed by atoms with E-state index in [1.165, 1.54) is 0 Å². The minimum atomic E-state index is -0.364. The molecule has 2 heterocycles. The van der Waals surface area contributed by atoms with Gasteiger partial charge in [-0.15, -0.1) is 0 Å². The van der Waals surface area contributed by atoms with Gasteiger partial charge in [-0.3, -0.25) is 4.79 Å². The Bertz CT molecular complexity index is 563. The number of carbonyl (C=O) groups excluding carboxylic acids is 1. The van der Waals surface area contributed by atoms with Gasteiger partial charge in [-0.25, -0.2) is 0 Å². The van der Waals surface area contributed by atoms with Gasteiger partial charge in [0.25, 0.3) is 0 Å². The van der Waals surface area contributed by atoms with E-state index in [9.17, 15) is 4.79 Å². The second-order valence-corrected chi connectivity index (χ2v) is 6.52. The number of likely N-dealkylation sites (tertiary alicyclic amines) is 1. The highest BCUT2D eigenvalue weighted by Crippen LogP contribution is 2.29. The Balaban J connectivity index is 2.01. The van der Waals surface area contributed by atoms with Crippen molar-refractivity contribution in [2.75, 3.05) is 44.4 Å². The Morgan fingerprint density at radius 1 is 1.39 bits per heavy atom. The van der Waals surface area contributed by atoms with Gasteiger partial charge in [-0.2, -0.15) is 15.0 Å². The molecule has 1 aromatic rings. The first-order valence-electron chi connectivity index (χ1n) is 8.02. The minimum Gasteiger partial charge on any atom is -0.368 e. The first kappa shape index (κ1) is 17.4. The number of amides is 1. The molecule has 2 rings (SSSR count). The molecule has 1 aromatic heterocycles. The van der Waals surface area contributed by atoms with E-state index in [-0.39, 0.29) is 23.8 Å². The lowest BCUT2D eigenvalue weighted by Gasteiger charge is -2.38. The van der Waals surface area contributed by atoms with Crippen molar-refractivity contribution in [3.05, 3.63) is 5.82 Å². The standard InChI is InChI=1S/C15H27N7O/c1-5-22-8-6-7-15(2,10-22)12(23)17-9-11-18-13(16)20-14(19-11)21(3)4/h5-10H2,1-4H3,(H,17,23)(H2,16,18,19,20). The smallest absolute Gasteiger partial charge is 0.229 e. The molecule has 8 heteroatoms. The molecule has 1 unspecified atom stereocenters. The van der Waals surface area contributed by atoms with Crippen molar-refractivity contribution in [3.8, 4) is 0 Å². The summed E-state index contributed by atoms with van der Waals surface area (Å²) in [5.74, 6) is 1.17. The summed E-state index contributed by atoms with van der Waals surface area (Å²) < 4.78 is 0. The summed E-state index contributed by atoms with van der Waals surface area (Å²) in [5, 5.41) is 2.95. The highest BCUT2D eigenvalue weighted by Gasteiger charge is 2.37. The first-order valence-corrected chi connectivity index (χ1v) is 8.02. The van der Waals surface area contributed by atoms with E-state index >= 15 is 0 Å². The number of hydrogen-bond donors (Lipinski definition) is 2. The van der Waals surface area contributed by atoms with E-state index in [4.69, 9.17) is 5.73 Å². The quantitative estimate of drug-likeness (QED) is 0.802. The minimum absolute atomic E-state index is 0.0426. The molecular formula is C15H27N7O. The van der Waals surface area contributed by atoms with Crippen molar-refractivity contribution in [1.29, 1.82) is 0 Å². The van der Waals surface area contributed by atoms with Gasteiger partial charge in [-0.05, 0) is 32.9 Å². The maximum absolute atomic E-state index is 12.6. The third kappa shape index (κ3) is 4.28. The average Bonchev–Trinajstić information content (AvgIpc) is 2.52. The molecule has 1 fully saturated rings. The van der Waals surface area contributed by atoms with Crippen molar-refractivity contribution < 1.29 is 4.79 Å². The van der Waals surface area contributed by atoms with Crippen LogP contribution in [0.25, 0.3) is 0 Å². The molecule has 8 nitrogen and oxygen atoms in total. The largest absolute Gasteiger partial charge is 0.368 e. The molecule has 0 radical (unpaired) electrons. The fourth-order valence-electron chi connectivity index (χ4n) is 2.88. The van der Waals surface area contributed by atoms with Crippen LogP contribution in [-0.4, -0.2) is 59.5 Å². The van der Waals surface area contributed by atoms with Gasteiger partial charge in [0.05, 0.1) is 12.0 Å². The monoisotopic (exact) mass is 321 g/mol. The van der Waals surface area contributed by atoms with Crippen LogP contribution >= 0.6 is 0 Å². The lowest BCUT2D eigenvalue weighted by Crippen LogP contribution is -2.50. The second kappa shape index (κ2) is 7.08. The Morgan fingerprint density at radius 2 is 2.13 bits per heavy atom. The maximum Gasteiger partial charge on any atom is 0.229 e. The van der Waals surface area contributed by atoms with Crippen LogP contribution in [0.4, 0.5) is 11.9 Å². The highest BCUT2D eigenvalue weighted by atomic mass is 16.2. The molecule has 3 N–H and O–H groups in total. The zero-order valence-corrected chi connectivity index (χ0v) is 14.5. The number of piperidine rings is 1. The van der Waals surface area contributed by atoms with Gasteiger partial charge in [0.15, 0.2) is 5.82 Å². The van der Waals surface area contributed by atoms with Crippen molar-refractivity contribution in [2.45, 2.75) is 33.2 Å². The SMILES string of the molecule is CCN1CCCC(C)(C(=O)NCc2nc(N)nc(N(C)C)n2)C1. The third-order valence-corrected chi connectivity index (χ3v) is 4.27. The molecule has 1 aliphatic heterocycles. The molecule has 0 aromatic carbocycles. The molecule has 1 atom stereocenters. The van der Waals surface area contributed by atoms with Crippen molar-refractivity contribution in [3.63, 3.8) is 0 Å². The number of nitrogens with zero attached hydrogens (tertiary/aromatic N) is 5. The summed E-state index contributed by atoms with van der Waals surface area (Å²) in [5.41, 5.74) is 5.34. The Labute approximate surface area is 137 Å². The summed E-state index contributed by atoms with van der Waals surface area (Å²) in [6.45, 7) is 7.23. The third-order valence-electron chi connectivity index (χ3n) is 4.27.